The van der Waals surface area contributed by atoms with E-state index in [0.29, 0.717) is 12.0 Å². The Hall–Kier alpha value is 0.0900. The number of rotatable bonds is 4. The predicted molar refractivity (Wildman–Crippen MR) is 70.8 cm³/mol. The zero-order valence-electron chi connectivity index (χ0n) is 8.17. The van der Waals surface area contributed by atoms with E-state index in [4.69, 9.17) is 0 Å². The molecular formula is C9H13BrIN3. The predicted octanol–water partition coefficient (Wildman–Crippen LogP) is 2.91. The second-order valence-corrected chi connectivity index (χ2v) is 5.09. The summed E-state index contributed by atoms with van der Waals surface area (Å²) in [5, 5.41) is 4.36. The van der Waals surface area contributed by atoms with Crippen molar-refractivity contribution in [3.05, 3.63) is 16.1 Å². The summed E-state index contributed by atoms with van der Waals surface area (Å²) in [6.45, 7) is 4.35. The summed E-state index contributed by atoms with van der Waals surface area (Å²) >= 11 is 5.70. The summed E-state index contributed by atoms with van der Waals surface area (Å²) in [5.41, 5.74) is 0. The molecule has 3 nitrogen and oxygen atoms in total. The lowest BCUT2D eigenvalue weighted by atomic mass is 10.1. The van der Waals surface area contributed by atoms with Crippen molar-refractivity contribution in [2.24, 2.45) is 5.92 Å². The molecule has 1 aromatic rings. The maximum absolute atomic E-state index is 4.19. The molecule has 78 valence electrons. The van der Waals surface area contributed by atoms with Gasteiger partial charge < -0.3 is 5.32 Å². The summed E-state index contributed by atoms with van der Waals surface area (Å²) in [6, 6.07) is 0.401. The molecule has 1 heterocycles. The molecule has 0 aliphatic carbocycles. The molecule has 0 aliphatic rings. The van der Waals surface area contributed by atoms with Crippen molar-refractivity contribution in [2.75, 3.05) is 10.6 Å². The molecule has 1 rings (SSSR count). The average molecular weight is 370 g/mol. The van der Waals surface area contributed by atoms with Gasteiger partial charge in [0.2, 0.25) is 0 Å². The Labute approximate surface area is 106 Å². The van der Waals surface area contributed by atoms with Gasteiger partial charge in [-0.1, -0.05) is 22.9 Å². The van der Waals surface area contributed by atoms with Crippen LogP contribution in [-0.4, -0.2) is 21.3 Å². The lowest BCUT2D eigenvalue weighted by Gasteiger charge is -2.20. The molecule has 2 atom stereocenters. The zero-order chi connectivity index (χ0) is 10.6. The topological polar surface area (TPSA) is 37.8 Å². The van der Waals surface area contributed by atoms with E-state index in [2.05, 4.69) is 67.7 Å². The minimum atomic E-state index is 0.401. The smallest absolute Gasteiger partial charge is 0.143 e. The number of nitrogens with one attached hydrogen (secondary N) is 1. The lowest BCUT2D eigenvalue weighted by molar-refractivity contribution is 0.570. The van der Waals surface area contributed by atoms with Gasteiger partial charge in [0.15, 0.2) is 0 Å². The highest BCUT2D eigenvalue weighted by molar-refractivity contribution is 14.1. The monoisotopic (exact) mass is 369 g/mol. The lowest BCUT2D eigenvalue weighted by Crippen LogP contribution is -2.25. The molecule has 0 bridgehead atoms. The maximum Gasteiger partial charge on any atom is 0.143 e. The number of nitrogens with zero attached hydrogens (tertiary/aromatic N) is 2. The van der Waals surface area contributed by atoms with Crippen LogP contribution in [0.1, 0.15) is 13.8 Å². The van der Waals surface area contributed by atoms with Crippen molar-refractivity contribution in [1.29, 1.82) is 0 Å². The summed E-state index contributed by atoms with van der Waals surface area (Å²) in [4.78, 5) is 8.14. The number of aromatic nitrogens is 2. The van der Waals surface area contributed by atoms with E-state index in [9.17, 15) is 0 Å². The van der Waals surface area contributed by atoms with Gasteiger partial charge in [-0.2, -0.15) is 0 Å². The van der Waals surface area contributed by atoms with Crippen LogP contribution in [0.5, 0.6) is 0 Å². The normalized spacial score (nSPS) is 14.9. The highest BCUT2D eigenvalue weighted by Crippen LogP contribution is 2.16. The van der Waals surface area contributed by atoms with E-state index < -0.39 is 0 Å². The van der Waals surface area contributed by atoms with Crippen LogP contribution < -0.4 is 5.32 Å². The first kappa shape index (κ1) is 12.2. The Kier molecular flexibility index (Phi) is 5.08. The Morgan fingerprint density at radius 3 is 2.86 bits per heavy atom. The molecule has 0 spiro atoms. The Balaban J connectivity index is 2.64. The van der Waals surface area contributed by atoms with Gasteiger partial charge in [0.1, 0.15) is 12.1 Å². The number of halogens is 2. The first-order valence-corrected chi connectivity index (χ1v) is 6.63. The molecule has 0 aromatic carbocycles. The Bertz CT molecular complexity index is 295. The molecular weight excluding hydrogens is 357 g/mol. The van der Waals surface area contributed by atoms with Crippen molar-refractivity contribution in [2.45, 2.75) is 19.9 Å². The van der Waals surface area contributed by atoms with Crippen LogP contribution in [0.25, 0.3) is 0 Å². The summed E-state index contributed by atoms with van der Waals surface area (Å²) in [6.07, 6.45) is 3.37. The van der Waals surface area contributed by atoms with Gasteiger partial charge in [0, 0.05) is 17.6 Å². The van der Waals surface area contributed by atoms with E-state index in [-0.39, 0.29) is 0 Å². The molecule has 0 radical (unpaired) electrons. The van der Waals surface area contributed by atoms with E-state index >= 15 is 0 Å². The largest absolute Gasteiger partial charge is 0.366 e. The number of hydrogen-bond donors (Lipinski definition) is 1. The summed E-state index contributed by atoms with van der Waals surface area (Å²) in [5.74, 6) is 1.49. The van der Waals surface area contributed by atoms with E-state index in [1.165, 1.54) is 0 Å². The van der Waals surface area contributed by atoms with Crippen molar-refractivity contribution >= 4 is 44.3 Å². The van der Waals surface area contributed by atoms with Gasteiger partial charge in [0.25, 0.3) is 0 Å². The highest BCUT2D eigenvalue weighted by atomic mass is 127. The fourth-order valence-corrected chi connectivity index (χ4v) is 1.93. The molecule has 5 heteroatoms. The first-order valence-electron chi connectivity index (χ1n) is 4.43. The minimum Gasteiger partial charge on any atom is -0.366 e. The second kappa shape index (κ2) is 5.85. The van der Waals surface area contributed by atoms with Crippen molar-refractivity contribution in [1.82, 2.24) is 9.97 Å². The number of anilines is 1. The maximum atomic E-state index is 4.19. The molecule has 0 aliphatic heterocycles. The van der Waals surface area contributed by atoms with Crippen LogP contribution in [-0.2, 0) is 0 Å². The van der Waals surface area contributed by atoms with E-state index in [1.54, 1.807) is 12.5 Å². The van der Waals surface area contributed by atoms with Crippen LogP contribution in [0.4, 0.5) is 5.82 Å². The quantitative estimate of drug-likeness (QED) is 0.655. The molecule has 0 amide bonds. The number of alkyl halides is 1. The van der Waals surface area contributed by atoms with Crippen LogP contribution in [0, 0.1) is 9.49 Å². The van der Waals surface area contributed by atoms with Gasteiger partial charge >= 0.3 is 0 Å². The van der Waals surface area contributed by atoms with Crippen LogP contribution >= 0.6 is 38.5 Å². The fraction of sp³-hybridized carbons (Fsp3) is 0.556. The van der Waals surface area contributed by atoms with E-state index in [0.717, 1.165) is 14.7 Å². The molecule has 14 heavy (non-hydrogen) atoms. The fourth-order valence-electron chi connectivity index (χ4n) is 0.910. The third kappa shape index (κ3) is 3.34. The molecule has 1 aromatic heterocycles. The minimum absolute atomic E-state index is 0.401. The third-order valence-electron chi connectivity index (χ3n) is 2.13. The molecule has 0 fully saturated rings. The van der Waals surface area contributed by atoms with Gasteiger partial charge in [-0.3, -0.25) is 0 Å². The molecule has 0 saturated heterocycles. The summed E-state index contributed by atoms with van der Waals surface area (Å²) < 4.78 is 1.05. The Morgan fingerprint density at radius 2 is 2.29 bits per heavy atom. The van der Waals surface area contributed by atoms with Gasteiger partial charge in [-0.25, -0.2) is 9.97 Å². The first-order chi connectivity index (χ1) is 6.65. The van der Waals surface area contributed by atoms with Crippen molar-refractivity contribution < 1.29 is 0 Å². The second-order valence-electron chi connectivity index (χ2n) is 3.28. The Morgan fingerprint density at radius 1 is 1.57 bits per heavy atom. The van der Waals surface area contributed by atoms with Crippen LogP contribution in [0.2, 0.25) is 0 Å². The van der Waals surface area contributed by atoms with Gasteiger partial charge in [0.05, 0.1) is 3.57 Å². The molecule has 0 saturated carbocycles. The van der Waals surface area contributed by atoms with Gasteiger partial charge in [-0.15, -0.1) is 0 Å². The SMILES string of the molecule is CC(CBr)C(C)Nc1ncncc1I. The van der Waals surface area contributed by atoms with Crippen LogP contribution in [0.3, 0.4) is 0 Å². The highest BCUT2D eigenvalue weighted by Gasteiger charge is 2.12. The molecule has 1 N–H and O–H groups in total. The number of hydrogen-bond acceptors (Lipinski definition) is 3. The van der Waals surface area contributed by atoms with E-state index in [1.807, 2.05) is 0 Å². The summed E-state index contributed by atoms with van der Waals surface area (Å²) in [7, 11) is 0. The zero-order valence-corrected chi connectivity index (χ0v) is 11.9. The van der Waals surface area contributed by atoms with Crippen LogP contribution in [0.15, 0.2) is 12.5 Å². The third-order valence-corrected chi connectivity index (χ3v) is 3.94. The van der Waals surface area contributed by atoms with Crippen molar-refractivity contribution in [3.8, 4) is 0 Å². The molecule has 2 unspecified atom stereocenters. The van der Waals surface area contributed by atoms with Gasteiger partial charge in [-0.05, 0) is 35.4 Å². The standard InChI is InChI=1S/C9H13BrIN3/c1-6(3-10)7(2)14-9-8(11)4-12-5-13-9/h4-7H,3H2,1-2H3,(H,12,13,14). The van der Waals surface area contributed by atoms with Crippen molar-refractivity contribution in [3.63, 3.8) is 0 Å². The average Bonchev–Trinajstić information content (AvgIpc) is 2.20.